The van der Waals surface area contributed by atoms with Gasteiger partial charge in [-0.25, -0.2) is 0 Å². The largest absolute Gasteiger partial charge is 0.269 e. The molecule has 0 rings (SSSR count). The maximum Gasteiger partial charge on any atom is 0.0274 e. The first-order valence-corrected chi connectivity index (χ1v) is 2.45. The van der Waals surface area contributed by atoms with Gasteiger partial charge in [-0.2, -0.15) is 0 Å². The summed E-state index contributed by atoms with van der Waals surface area (Å²) in [5, 5.41) is 0. The van der Waals surface area contributed by atoms with Gasteiger partial charge in [0, 0.05) is 2.74 Å². The minimum Gasteiger partial charge on any atom is -0.269 e. The molecule has 0 aromatic rings. The minimum absolute atomic E-state index is 0. The van der Waals surface area contributed by atoms with Crippen LogP contribution in [-0.4, -0.2) is 13.3 Å². The zero-order valence-electron chi connectivity index (χ0n) is 4.98. The molecule has 0 aliphatic heterocycles. The zero-order valence-corrected chi connectivity index (χ0v) is 5.29. The van der Waals surface area contributed by atoms with E-state index < -0.39 is 0 Å². The van der Waals surface area contributed by atoms with Gasteiger partial charge in [0.1, 0.15) is 0 Å². The fourth-order valence-electron chi connectivity index (χ4n) is 0. The highest BCUT2D eigenvalue weighted by Gasteiger charge is 0.908. The fourth-order valence-corrected chi connectivity index (χ4v) is 0. The molecular formula is C2H11FP2. The number of hydrogen-bond acceptors (Lipinski definition) is 0. The summed E-state index contributed by atoms with van der Waals surface area (Å²) < 4.78 is 12.3. The molecule has 0 aromatic heterocycles. The third kappa shape index (κ3) is 59.7. The maximum atomic E-state index is 6.17. The SMILES string of the molecule is F.[2H]CP.[2H]CP. The molecule has 0 N–H and O–H groups in total. The zero-order chi connectivity index (χ0) is 5.41. The van der Waals surface area contributed by atoms with Gasteiger partial charge in [-0.05, 0) is 0 Å². The smallest absolute Gasteiger partial charge is 0.0274 e. The van der Waals surface area contributed by atoms with Crippen LogP contribution in [-0.2, 0) is 0 Å². The average molecular weight is 118 g/mol. The van der Waals surface area contributed by atoms with Crippen LogP contribution in [0.2, 0.25) is 0 Å². The van der Waals surface area contributed by atoms with Gasteiger partial charge < -0.3 is 0 Å². The summed E-state index contributed by atoms with van der Waals surface area (Å²) in [6.07, 6.45) is 0. The molecular weight excluding hydrogens is 105 g/mol. The van der Waals surface area contributed by atoms with Gasteiger partial charge in [-0.1, -0.05) is 13.3 Å². The maximum absolute atomic E-state index is 6.17. The molecule has 0 aliphatic carbocycles. The van der Waals surface area contributed by atoms with Gasteiger partial charge in [0.05, 0.1) is 0 Å². The van der Waals surface area contributed by atoms with E-state index in [9.17, 15) is 0 Å². The standard InChI is InChI=1S/2CH5P.FH/c2*1-2;/h2*2H2,1H3;1H/i2*1D;. The van der Waals surface area contributed by atoms with Crippen molar-refractivity contribution in [1.82, 2.24) is 0 Å². The van der Waals surface area contributed by atoms with Crippen molar-refractivity contribution in [3.63, 3.8) is 0 Å². The molecule has 0 spiro atoms. The lowest BCUT2D eigenvalue weighted by molar-refractivity contribution is 1.11. The molecule has 3 heteroatoms. The first kappa shape index (κ1) is 5.79. The van der Waals surface area contributed by atoms with Crippen LogP contribution in [0.25, 0.3) is 0 Å². The van der Waals surface area contributed by atoms with Gasteiger partial charge in [0.2, 0.25) is 0 Å². The van der Waals surface area contributed by atoms with E-state index in [-0.39, 0.29) is 4.70 Å². The molecule has 5 heavy (non-hydrogen) atoms. The Morgan fingerprint density at radius 3 is 1.40 bits per heavy atom. The second-order valence-corrected chi connectivity index (χ2v) is 0. The first-order chi connectivity index (χ1) is 2.83. The average Bonchev–Trinajstić information content (AvgIpc) is 1.39. The Hall–Kier alpha value is 0.790. The van der Waals surface area contributed by atoms with E-state index in [1.807, 2.05) is 0 Å². The van der Waals surface area contributed by atoms with Crippen LogP contribution in [0, 0.1) is 0 Å². The Kier molecular flexibility index (Phi) is 128. The topological polar surface area (TPSA) is 0 Å². The van der Waals surface area contributed by atoms with Crippen molar-refractivity contribution in [1.29, 1.82) is 0 Å². The molecule has 0 aromatic carbocycles. The lowest BCUT2D eigenvalue weighted by Crippen LogP contribution is -0.804. The Morgan fingerprint density at radius 2 is 1.40 bits per heavy atom. The second kappa shape index (κ2) is 110. The van der Waals surface area contributed by atoms with Gasteiger partial charge >= 0.3 is 0 Å². The van der Waals surface area contributed by atoms with E-state index in [4.69, 9.17) is 2.74 Å². The summed E-state index contributed by atoms with van der Waals surface area (Å²) in [4.78, 5) is 0. The van der Waals surface area contributed by atoms with E-state index in [0.29, 0.717) is 13.3 Å². The van der Waals surface area contributed by atoms with Crippen molar-refractivity contribution in [3.05, 3.63) is 0 Å². The van der Waals surface area contributed by atoms with Crippen molar-refractivity contribution in [3.8, 4) is 0 Å². The summed E-state index contributed by atoms with van der Waals surface area (Å²) in [7, 11) is 4.49. The van der Waals surface area contributed by atoms with E-state index in [1.54, 1.807) is 0 Å². The Bertz CT molecular complexity index is 15.7. The highest BCUT2D eigenvalue weighted by atomic mass is 31.0. The Morgan fingerprint density at radius 1 is 1.40 bits per heavy atom. The minimum atomic E-state index is 0. The highest BCUT2D eigenvalue weighted by molar-refractivity contribution is 7.15. The summed E-state index contributed by atoms with van der Waals surface area (Å²) in [5.74, 6) is 0. The lowest BCUT2D eigenvalue weighted by atomic mass is 12.0. The summed E-state index contributed by atoms with van der Waals surface area (Å²) >= 11 is 0. The van der Waals surface area contributed by atoms with Crippen LogP contribution in [0.5, 0.6) is 0 Å². The highest BCUT2D eigenvalue weighted by Crippen LogP contribution is 1.46. The Labute approximate surface area is 40.3 Å². The number of halogens is 1. The predicted molar refractivity (Wildman–Crippen MR) is 33.8 cm³/mol. The van der Waals surface area contributed by atoms with Crippen molar-refractivity contribution < 1.29 is 7.45 Å². The molecule has 0 amide bonds. The van der Waals surface area contributed by atoms with Crippen LogP contribution < -0.4 is 0 Å². The molecule has 0 nitrogen and oxygen atoms in total. The fraction of sp³-hybridized carbons (Fsp3) is 1.00. The van der Waals surface area contributed by atoms with Crippen molar-refractivity contribution >= 4 is 18.5 Å². The van der Waals surface area contributed by atoms with Crippen LogP contribution in [0.3, 0.4) is 0 Å². The van der Waals surface area contributed by atoms with Gasteiger partial charge in [0.15, 0.2) is 0 Å². The molecule has 0 saturated carbocycles. The summed E-state index contributed by atoms with van der Waals surface area (Å²) in [6.45, 7) is 0.833. The van der Waals surface area contributed by atoms with Crippen molar-refractivity contribution in [2.45, 2.75) is 0 Å². The quantitative estimate of drug-likeness (QED) is 0.418. The Balaban J connectivity index is -0.0000000400. The number of hydrogen-bond donors (Lipinski definition) is 0. The van der Waals surface area contributed by atoms with Gasteiger partial charge in [-0.15, -0.1) is 18.5 Å². The van der Waals surface area contributed by atoms with Gasteiger partial charge in [0.25, 0.3) is 0 Å². The van der Waals surface area contributed by atoms with E-state index in [2.05, 4.69) is 18.5 Å². The van der Waals surface area contributed by atoms with Crippen LogP contribution in [0.4, 0.5) is 4.70 Å². The van der Waals surface area contributed by atoms with Crippen molar-refractivity contribution in [2.24, 2.45) is 0 Å². The molecule has 0 bridgehead atoms. The summed E-state index contributed by atoms with van der Waals surface area (Å²) in [5.41, 5.74) is 0. The van der Waals surface area contributed by atoms with Crippen LogP contribution >= 0.6 is 18.5 Å². The van der Waals surface area contributed by atoms with Gasteiger partial charge in [-0.3, -0.25) is 4.70 Å². The monoisotopic (exact) mass is 118 g/mol. The number of rotatable bonds is 0. The third-order valence-corrected chi connectivity index (χ3v) is 0. The molecule has 0 aliphatic rings. The molecule has 0 saturated heterocycles. The predicted octanol–water partition coefficient (Wildman–Crippen LogP) is 1.14. The van der Waals surface area contributed by atoms with Crippen LogP contribution in [0.15, 0.2) is 0 Å². The molecule has 2 unspecified atom stereocenters. The second-order valence-electron chi connectivity index (χ2n) is 0. The van der Waals surface area contributed by atoms with E-state index in [0.717, 1.165) is 0 Å². The van der Waals surface area contributed by atoms with Crippen molar-refractivity contribution in [2.75, 3.05) is 13.3 Å². The molecule has 0 radical (unpaired) electrons. The third-order valence-electron chi connectivity index (χ3n) is 0. The normalized spacial score (nSPS) is 7.60. The lowest BCUT2D eigenvalue weighted by Gasteiger charge is -1.10. The first-order valence-electron chi connectivity index (χ1n) is 2.23. The molecule has 0 heterocycles. The van der Waals surface area contributed by atoms with Crippen LogP contribution in [0.1, 0.15) is 2.74 Å². The molecule has 0 fully saturated rings. The van der Waals surface area contributed by atoms with E-state index >= 15 is 0 Å². The molecule has 2 atom stereocenters. The summed E-state index contributed by atoms with van der Waals surface area (Å²) in [6, 6.07) is 0. The van der Waals surface area contributed by atoms with E-state index in [1.165, 1.54) is 0 Å². The molecule has 36 valence electrons.